The molecule has 1 aromatic rings. The van der Waals surface area contributed by atoms with Crippen molar-refractivity contribution >= 4 is 39.8 Å². The predicted molar refractivity (Wildman–Crippen MR) is 104 cm³/mol. The summed E-state index contributed by atoms with van der Waals surface area (Å²) in [5.41, 5.74) is 0.987. The fourth-order valence-electron chi connectivity index (χ4n) is 3.69. The minimum absolute atomic E-state index is 0.0703. The summed E-state index contributed by atoms with van der Waals surface area (Å²) < 4.78 is 10.7. The zero-order valence-electron chi connectivity index (χ0n) is 14.6. The molecule has 1 saturated carbocycles. The fraction of sp³-hybridized carbons (Fsp3) is 0.368. The van der Waals surface area contributed by atoms with Gasteiger partial charge in [-0.2, -0.15) is 15.1 Å². The van der Waals surface area contributed by atoms with Crippen molar-refractivity contribution in [3.05, 3.63) is 29.3 Å². The van der Waals surface area contributed by atoms with E-state index in [1.165, 1.54) is 36.0 Å². The van der Waals surface area contributed by atoms with Crippen molar-refractivity contribution in [3.8, 4) is 11.5 Å². The van der Waals surface area contributed by atoms with Gasteiger partial charge in [0.2, 0.25) is 12.0 Å². The maximum atomic E-state index is 12.5. The molecule has 5 rings (SSSR count). The molecule has 0 radical (unpaired) electrons. The van der Waals surface area contributed by atoms with Gasteiger partial charge in [0.15, 0.2) is 17.3 Å². The van der Waals surface area contributed by atoms with Gasteiger partial charge in [-0.05, 0) is 48.4 Å². The van der Waals surface area contributed by atoms with E-state index in [2.05, 4.69) is 10.1 Å². The Kier molecular flexibility index (Phi) is 4.00. The highest BCUT2D eigenvalue weighted by Gasteiger charge is 2.37. The van der Waals surface area contributed by atoms with E-state index in [9.17, 15) is 4.79 Å². The van der Waals surface area contributed by atoms with Crippen LogP contribution in [0.4, 0.5) is 0 Å². The molecule has 1 aromatic carbocycles. The Hall–Kier alpha value is -2.61. The van der Waals surface area contributed by atoms with Crippen LogP contribution in [0.25, 0.3) is 6.08 Å². The molecule has 0 saturated heterocycles. The smallest absolute Gasteiger partial charge is 0.283 e. The molecule has 27 heavy (non-hydrogen) atoms. The van der Waals surface area contributed by atoms with Crippen LogP contribution >= 0.6 is 11.8 Å². The zero-order valence-corrected chi connectivity index (χ0v) is 15.4. The standard InChI is InChI=1S/C19H18N4O3S/c20-16-13(8-11-6-7-14-15(9-11)26-10-25-14)17(24)21-19-23(16)22-18(27-19)12-4-2-1-3-5-12/h6-9,12,20H,1-5,10H2. The lowest BCUT2D eigenvalue weighted by atomic mass is 9.90. The monoisotopic (exact) mass is 382 g/mol. The quantitative estimate of drug-likeness (QED) is 0.790. The van der Waals surface area contributed by atoms with Crippen LogP contribution in [0, 0.1) is 11.3 Å². The highest BCUT2D eigenvalue weighted by atomic mass is 32.2. The minimum atomic E-state index is -0.406. The number of amidine groups is 2. The molecule has 138 valence electrons. The molecule has 0 bridgehead atoms. The van der Waals surface area contributed by atoms with Crippen molar-refractivity contribution in [2.45, 2.75) is 32.1 Å². The van der Waals surface area contributed by atoms with Crippen LogP contribution < -0.4 is 9.47 Å². The van der Waals surface area contributed by atoms with Crippen molar-refractivity contribution in [1.29, 1.82) is 5.41 Å². The molecule has 1 fully saturated rings. The third kappa shape index (κ3) is 2.93. The van der Waals surface area contributed by atoms with Gasteiger partial charge in [-0.15, -0.1) is 0 Å². The summed E-state index contributed by atoms with van der Waals surface area (Å²) in [5.74, 6) is 1.40. The van der Waals surface area contributed by atoms with Crippen molar-refractivity contribution < 1.29 is 14.3 Å². The Morgan fingerprint density at radius 3 is 2.85 bits per heavy atom. The lowest BCUT2D eigenvalue weighted by molar-refractivity contribution is -0.114. The van der Waals surface area contributed by atoms with Crippen molar-refractivity contribution in [1.82, 2.24) is 5.01 Å². The second-order valence-electron chi connectivity index (χ2n) is 6.91. The maximum absolute atomic E-state index is 12.5. The van der Waals surface area contributed by atoms with Crippen LogP contribution in [0.5, 0.6) is 11.5 Å². The first-order chi connectivity index (χ1) is 13.2. The number of thioether (sulfide) groups is 1. The number of hydrogen-bond donors (Lipinski definition) is 1. The molecule has 1 amide bonds. The van der Waals surface area contributed by atoms with Gasteiger partial charge in [-0.25, -0.2) is 0 Å². The number of nitrogens with one attached hydrogen (secondary N) is 1. The molecule has 0 atom stereocenters. The largest absolute Gasteiger partial charge is 0.454 e. The lowest BCUT2D eigenvalue weighted by Gasteiger charge is -2.20. The summed E-state index contributed by atoms with van der Waals surface area (Å²) in [5, 5.41) is 16.1. The van der Waals surface area contributed by atoms with Gasteiger partial charge >= 0.3 is 0 Å². The third-order valence-electron chi connectivity index (χ3n) is 5.13. The summed E-state index contributed by atoms with van der Waals surface area (Å²) >= 11 is 1.43. The van der Waals surface area contributed by atoms with Gasteiger partial charge in [-0.1, -0.05) is 25.3 Å². The molecule has 7 nitrogen and oxygen atoms in total. The average Bonchev–Trinajstić information content (AvgIpc) is 3.32. The van der Waals surface area contributed by atoms with E-state index in [-0.39, 0.29) is 18.2 Å². The van der Waals surface area contributed by atoms with Gasteiger partial charge in [0.1, 0.15) is 5.04 Å². The Bertz CT molecular complexity index is 931. The Labute approximate surface area is 160 Å². The van der Waals surface area contributed by atoms with Crippen LogP contribution in [0.3, 0.4) is 0 Å². The SMILES string of the molecule is N=C1C(=Cc2ccc3c(c2)OCO3)C(=O)N=C2SC(C3CCCCC3)=NN12. The van der Waals surface area contributed by atoms with E-state index >= 15 is 0 Å². The van der Waals surface area contributed by atoms with Crippen molar-refractivity contribution in [3.63, 3.8) is 0 Å². The van der Waals surface area contributed by atoms with Crippen LogP contribution in [0.2, 0.25) is 0 Å². The normalized spacial score (nSPS) is 23.6. The summed E-state index contributed by atoms with van der Waals surface area (Å²) in [6, 6.07) is 5.42. The molecule has 3 heterocycles. The lowest BCUT2D eigenvalue weighted by Crippen LogP contribution is -2.35. The van der Waals surface area contributed by atoms with Crippen LogP contribution in [0.15, 0.2) is 33.9 Å². The van der Waals surface area contributed by atoms with Crippen LogP contribution in [0.1, 0.15) is 37.7 Å². The molecule has 0 spiro atoms. The number of benzene rings is 1. The summed E-state index contributed by atoms with van der Waals surface area (Å²) in [6.07, 6.45) is 7.59. The van der Waals surface area contributed by atoms with Crippen LogP contribution in [-0.4, -0.2) is 33.8 Å². The summed E-state index contributed by atoms with van der Waals surface area (Å²) in [4.78, 5) is 16.7. The number of hydrazone groups is 1. The predicted octanol–water partition coefficient (Wildman–Crippen LogP) is 3.61. The number of carbonyl (C=O) groups excluding carboxylic acids is 1. The van der Waals surface area contributed by atoms with E-state index < -0.39 is 5.91 Å². The third-order valence-corrected chi connectivity index (χ3v) is 6.20. The molecule has 8 heteroatoms. The van der Waals surface area contributed by atoms with E-state index in [1.54, 1.807) is 18.2 Å². The molecular formula is C19H18N4O3S. The number of rotatable bonds is 2. The van der Waals surface area contributed by atoms with Crippen molar-refractivity contribution in [2.75, 3.05) is 6.79 Å². The number of nitrogens with zero attached hydrogens (tertiary/aromatic N) is 3. The number of carbonyl (C=O) groups is 1. The number of ether oxygens (including phenoxy) is 2. The Morgan fingerprint density at radius 2 is 2.00 bits per heavy atom. The number of aliphatic imine (C=N–C) groups is 1. The highest BCUT2D eigenvalue weighted by Crippen LogP contribution is 2.37. The molecule has 1 N–H and O–H groups in total. The van der Waals surface area contributed by atoms with E-state index in [0.29, 0.717) is 22.6 Å². The number of hydrogen-bond acceptors (Lipinski definition) is 6. The Morgan fingerprint density at radius 1 is 1.19 bits per heavy atom. The molecule has 4 aliphatic rings. The minimum Gasteiger partial charge on any atom is -0.454 e. The Balaban J connectivity index is 1.44. The van der Waals surface area contributed by atoms with Crippen molar-refractivity contribution in [2.24, 2.45) is 16.0 Å². The molecule has 0 unspecified atom stereocenters. The summed E-state index contributed by atoms with van der Waals surface area (Å²) in [7, 11) is 0. The molecule has 3 aliphatic heterocycles. The first-order valence-electron chi connectivity index (χ1n) is 9.09. The number of fused-ring (bicyclic) bond motifs is 2. The second kappa shape index (κ2) is 6.53. The number of amides is 1. The van der Waals surface area contributed by atoms with E-state index in [0.717, 1.165) is 23.4 Å². The molecule has 1 aliphatic carbocycles. The van der Waals surface area contributed by atoms with E-state index in [1.807, 2.05) is 6.07 Å². The zero-order chi connectivity index (χ0) is 18.4. The second-order valence-corrected chi connectivity index (χ2v) is 7.89. The van der Waals surface area contributed by atoms with Gasteiger partial charge < -0.3 is 9.47 Å². The average molecular weight is 382 g/mol. The van der Waals surface area contributed by atoms with Gasteiger partial charge in [0.05, 0.1) is 5.57 Å². The molecular weight excluding hydrogens is 364 g/mol. The first-order valence-corrected chi connectivity index (χ1v) is 9.90. The van der Waals surface area contributed by atoms with Gasteiger partial charge in [0.25, 0.3) is 5.91 Å². The fourth-order valence-corrected chi connectivity index (χ4v) is 4.75. The van der Waals surface area contributed by atoms with Crippen LogP contribution in [-0.2, 0) is 4.79 Å². The van der Waals surface area contributed by atoms with E-state index in [4.69, 9.17) is 14.9 Å². The highest BCUT2D eigenvalue weighted by molar-refractivity contribution is 8.27. The topological polar surface area (TPSA) is 87.3 Å². The van der Waals surface area contributed by atoms with Gasteiger partial charge in [-0.3, -0.25) is 10.2 Å². The summed E-state index contributed by atoms with van der Waals surface area (Å²) in [6.45, 7) is 0.196. The molecule has 0 aromatic heterocycles. The van der Waals surface area contributed by atoms with Gasteiger partial charge in [0, 0.05) is 5.92 Å². The first kappa shape index (κ1) is 16.6. The maximum Gasteiger partial charge on any atom is 0.283 e.